The zero-order chi connectivity index (χ0) is 14.8. The van der Waals surface area contributed by atoms with Gasteiger partial charge in [0, 0.05) is 5.69 Å². The second-order valence-electron chi connectivity index (χ2n) is 5.86. The van der Waals surface area contributed by atoms with Gasteiger partial charge in [-0.1, -0.05) is 18.2 Å². The van der Waals surface area contributed by atoms with Crippen LogP contribution in [-0.2, 0) is 6.42 Å². The maximum absolute atomic E-state index is 5.88. The Morgan fingerprint density at radius 2 is 2.00 bits per heavy atom. The van der Waals surface area contributed by atoms with E-state index in [1.807, 2.05) is 38.1 Å². The number of nitrogen functional groups attached to an aromatic ring is 1. The summed E-state index contributed by atoms with van der Waals surface area (Å²) in [5, 5.41) is 3.62. The van der Waals surface area contributed by atoms with Crippen LogP contribution in [0.1, 0.15) is 37.4 Å². The number of benzene rings is 2. The molecule has 0 spiro atoms. The minimum Gasteiger partial charge on any atom is -0.489 e. The Balaban J connectivity index is 1.83. The number of hydrogen-bond acceptors (Lipinski definition) is 3. The fourth-order valence-electron chi connectivity index (χ4n) is 2.92. The van der Waals surface area contributed by atoms with Crippen molar-refractivity contribution in [2.45, 2.75) is 38.8 Å². The molecule has 0 amide bonds. The number of ether oxygens (including phenoxy) is 1. The lowest BCUT2D eigenvalue weighted by atomic mass is 10.1. The van der Waals surface area contributed by atoms with Gasteiger partial charge in [-0.15, -0.1) is 0 Å². The Morgan fingerprint density at radius 3 is 2.81 bits per heavy atom. The highest BCUT2D eigenvalue weighted by atomic mass is 16.5. The van der Waals surface area contributed by atoms with E-state index in [-0.39, 0.29) is 6.10 Å². The number of anilines is 2. The molecule has 3 heteroatoms. The van der Waals surface area contributed by atoms with Crippen molar-refractivity contribution in [3.8, 4) is 5.75 Å². The number of hydrogen-bond donors (Lipinski definition) is 2. The van der Waals surface area contributed by atoms with Crippen molar-refractivity contribution in [1.29, 1.82) is 0 Å². The SMILES string of the molecule is CC(C)Oc1ccccc1NC1CCc2cc(N)ccc21. The first kappa shape index (κ1) is 13.8. The highest BCUT2D eigenvalue weighted by molar-refractivity contribution is 5.59. The van der Waals surface area contributed by atoms with Crippen molar-refractivity contribution in [2.24, 2.45) is 0 Å². The van der Waals surface area contributed by atoms with Crippen LogP contribution in [0.25, 0.3) is 0 Å². The second kappa shape index (κ2) is 5.68. The van der Waals surface area contributed by atoms with Gasteiger partial charge in [0.1, 0.15) is 5.75 Å². The molecule has 110 valence electrons. The smallest absolute Gasteiger partial charge is 0.142 e. The van der Waals surface area contributed by atoms with Crippen LogP contribution in [0.2, 0.25) is 0 Å². The van der Waals surface area contributed by atoms with Crippen LogP contribution >= 0.6 is 0 Å². The summed E-state index contributed by atoms with van der Waals surface area (Å²) in [5.41, 5.74) is 10.5. The van der Waals surface area contributed by atoms with Crippen LogP contribution < -0.4 is 15.8 Å². The van der Waals surface area contributed by atoms with Crippen LogP contribution in [0.4, 0.5) is 11.4 Å². The van der Waals surface area contributed by atoms with E-state index in [4.69, 9.17) is 10.5 Å². The highest BCUT2D eigenvalue weighted by Gasteiger charge is 2.23. The molecule has 21 heavy (non-hydrogen) atoms. The third-order valence-electron chi connectivity index (χ3n) is 3.82. The summed E-state index contributed by atoms with van der Waals surface area (Å²) in [6, 6.07) is 14.7. The van der Waals surface area contributed by atoms with Gasteiger partial charge in [-0.3, -0.25) is 0 Å². The van der Waals surface area contributed by atoms with E-state index >= 15 is 0 Å². The number of rotatable bonds is 4. The van der Waals surface area contributed by atoms with E-state index in [2.05, 4.69) is 23.5 Å². The quantitative estimate of drug-likeness (QED) is 0.828. The molecule has 2 aromatic carbocycles. The van der Waals surface area contributed by atoms with Crippen LogP contribution in [0.5, 0.6) is 5.75 Å². The normalized spacial score (nSPS) is 16.8. The first-order chi connectivity index (χ1) is 10.1. The number of aryl methyl sites for hydroxylation is 1. The molecule has 1 unspecified atom stereocenters. The predicted octanol–water partition coefficient (Wildman–Crippen LogP) is 4.16. The number of para-hydroxylation sites is 2. The molecule has 0 bridgehead atoms. The van der Waals surface area contributed by atoms with Gasteiger partial charge < -0.3 is 15.8 Å². The molecule has 3 nitrogen and oxygen atoms in total. The van der Waals surface area contributed by atoms with E-state index in [0.717, 1.165) is 30.0 Å². The third kappa shape index (κ3) is 2.97. The van der Waals surface area contributed by atoms with Gasteiger partial charge in [0.05, 0.1) is 17.8 Å². The predicted molar refractivity (Wildman–Crippen MR) is 87.7 cm³/mol. The first-order valence-corrected chi connectivity index (χ1v) is 7.54. The molecule has 0 heterocycles. The van der Waals surface area contributed by atoms with E-state index in [0.29, 0.717) is 6.04 Å². The highest BCUT2D eigenvalue weighted by Crippen LogP contribution is 2.37. The summed E-state index contributed by atoms with van der Waals surface area (Å²) >= 11 is 0. The molecule has 1 aliphatic carbocycles. The topological polar surface area (TPSA) is 47.3 Å². The number of nitrogens with two attached hydrogens (primary N) is 1. The molecule has 3 N–H and O–H groups in total. The van der Waals surface area contributed by atoms with Crippen molar-refractivity contribution in [2.75, 3.05) is 11.1 Å². The Morgan fingerprint density at radius 1 is 1.19 bits per heavy atom. The average Bonchev–Trinajstić information content (AvgIpc) is 2.83. The van der Waals surface area contributed by atoms with Crippen LogP contribution in [0.15, 0.2) is 42.5 Å². The summed E-state index contributed by atoms with van der Waals surface area (Å²) < 4.78 is 5.88. The summed E-state index contributed by atoms with van der Waals surface area (Å²) in [5.74, 6) is 0.913. The Labute approximate surface area is 126 Å². The van der Waals surface area contributed by atoms with Gasteiger partial charge in [0.25, 0.3) is 0 Å². The minimum absolute atomic E-state index is 0.170. The Kier molecular flexibility index (Phi) is 3.74. The molecule has 3 rings (SSSR count). The van der Waals surface area contributed by atoms with Gasteiger partial charge in [0.15, 0.2) is 0 Å². The molecule has 2 aromatic rings. The fraction of sp³-hybridized carbons (Fsp3) is 0.333. The fourth-order valence-corrected chi connectivity index (χ4v) is 2.92. The monoisotopic (exact) mass is 282 g/mol. The molecule has 0 aromatic heterocycles. The maximum Gasteiger partial charge on any atom is 0.142 e. The largest absolute Gasteiger partial charge is 0.489 e. The summed E-state index contributed by atoms with van der Waals surface area (Å²) in [4.78, 5) is 0. The summed E-state index contributed by atoms with van der Waals surface area (Å²) in [6.07, 6.45) is 2.34. The van der Waals surface area contributed by atoms with Crippen LogP contribution in [-0.4, -0.2) is 6.10 Å². The summed E-state index contributed by atoms with van der Waals surface area (Å²) in [6.45, 7) is 4.09. The van der Waals surface area contributed by atoms with E-state index in [1.54, 1.807) is 0 Å². The zero-order valence-electron chi connectivity index (χ0n) is 12.6. The number of fused-ring (bicyclic) bond motifs is 1. The lowest BCUT2D eigenvalue weighted by molar-refractivity contribution is 0.243. The van der Waals surface area contributed by atoms with Crippen molar-refractivity contribution >= 4 is 11.4 Å². The molecule has 1 atom stereocenters. The maximum atomic E-state index is 5.88. The minimum atomic E-state index is 0.170. The van der Waals surface area contributed by atoms with Crippen molar-refractivity contribution in [3.63, 3.8) is 0 Å². The zero-order valence-corrected chi connectivity index (χ0v) is 12.6. The molecular weight excluding hydrogens is 260 g/mol. The Hall–Kier alpha value is -2.16. The van der Waals surface area contributed by atoms with Crippen molar-refractivity contribution in [1.82, 2.24) is 0 Å². The average molecular weight is 282 g/mol. The molecule has 0 saturated carbocycles. The standard InChI is InChI=1S/C18H22N2O/c1-12(2)21-18-6-4-3-5-17(18)20-16-10-7-13-11-14(19)8-9-15(13)16/h3-6,8-9,11-12,16,20H,7,10,19H2,1-2H3. The lowest BCUT2D eigenvalue weighted by Crippen LogP contribution is -2.11. The summed E-state index contributed by atoms with van der Waals surface area (Å²) in [7, 11) is 0. The van der Waals surface area contributed by atoms with E-state index in [1.165, 1.54) is 11.1 Å². The molecule has 0 fully saturated rings. The first-order valence-electron chi connectivity index (χ1n) is 7.54. The van der Waals surface area contributed by atoms with E-state index in [9.17, 15) is 0 Å². The third-order valence-corrected chi connectivity index (χ3v) is 3.82. The van der Waals surface area contributed by atoms with Gasteiger partial charge >= 0.3 is 0 Å². The second-order valence-corrected chi connectivity index (χ2v) is 5.86. The van der Waals surface area contributed by atoms with Gasteiger partial charge in [-0.2, -0.15) is 0 Å². The van der Waals surface area contributed by atoms with Crippen LogP contribution in [0.3, 0.4) is 0 Å². The molecular formula is C18H22N2O. The lowest BCUT2D eigenvalue weighted by Gasteiger charge is -2.20. The van der Waals surface area contributed by atoms with Gasteiger partial charge in [0.2, 0.25) is 0 Å². The van der Waals surface area contributed by atoms with Crippen molar-refractivity contribution < 1.29 is 4.74 Å². The van der Waals surface area contributed by atoms with Crippen molar-refractivity contribution in [3.05, 3.63) is 53.6 Å². The molecule has 1 aliphatic rings. The van der Waals surface area contributed by atoms with Gasteiger partial charge in [-0.25, -0.2) is 0 Å². The van der Waals surface area contributed by atoms with E-state index < -0.39 is 0 Å². The number of nitrogens with one attached hydrogen (secondary N) is 1. The molecule has 0 aliphatic heterocycles. The molecule has 0 saturated heterocycles. The van der Waals surface area contributed by atoms with Crippen LogP contribution in [0, 0.1) is 0 Å². The molecule has 0 radical (unpaired) electrons. The Bertz CT molecular complexity index is 637. The van der Waals surface area contributed by atoms with Gasteiger partial charge in [-0.05, 0) is 62.1 Å².